The summed E-state index contributed by atoms with van der Waals surface area (Å²) in [5.74, 6) is 3.15. The van der Waals surface area contributed by atoms with E-state index in [2.05, 4.69) is 17.1 Å². The molecule has 1 aromatic rings. The zero-order chi connectivity index (χ0) is 13.7. The minimum Gasteiger partial charge on any atom is -0.339 e. The second kappa shape index (κ2) is 7.04. The monoisotopic (exact) mass is 265 g/mol. The molecule has 1 saturated carbocycles. The van der Waals surface area contributed by atoms with Gasteiger partial charge in [0.2, 0.25) is 5.89 Å². The largest absolute Gasteiger partial charge is 0.339 e. The quantitative estimate of drug-likeness (QED) is 0.856. The summed E-state index contributed by atoms with van der Waals surface area (Å²) in [6.45, 7) is 4.32. The number of nitrogens with zero attached hydrogens (tertiary/aromatic N) is 2. The zero-order valence-electron chi connectivity index (χ0n) is 12.3. The van der Waals surface area contributed by atoms with Crippen LogP contribution in [-0.4, -0.2) is 16.2 Å². The molecule has 0 bridgehead atoms. The van der Waals surface area contributed by atoms with Crippen LogP contribution in [0.25, 0.3) is 0 Å². The third kappa shape index (κ3) is 4.30. The van der Waals surface area contributed by atoms with Crippen molar-refractivity contribution in [3.63, 3.8) is 0 Å². The number of hydrogen-bond donors (Lipinski definition) is 1. The molecule has 1 fully saturated rings. The minimum absolute atomic E-state index is 0.256. The third-order valence-electron chi connectivity index (χ3n) is 4.32. The lowest BCUT2D eigenvalue weighted by atomic mass is 9.80. The van der Waals surface area contributed by atoms with Crippen LogP contribution in [-0.2, 0) is 6.42 Å². The van der Waals surface area contributed by atoms with Gasteiger partial charge in [-0.2, -0.15) is 4.98 Å². The maximum atomic E-state index is 5.74. The fourth-order valence-electron chi connectivity index (χ4n) is 2.94. The molecule has 0 spiro atoms. The highest BCUT2D eigenvalue weighted by atomic mass is 16.5. The molecule has 2 rings (SSSR count). The molecule has 19 heavy (non-hydrogen) atoms. The van der Waals surface area contributed by atoms with Crippen LogP contribution in [0.4, 0.5) is 0 Å². The standard InChI is InChI=1S/C15H27N3O/c1-3-12-7-9-13(10-8-12)15-17-14(19-18-15)6-4-5-11(2)16/h11-13H,3-10,16H2,1-2H3. The first-order valence-electron chi connectivity index (χ1n) is 7.77. The molecule has 2 N–H and O–H groups in total. The molecule has 0 radical (unpaired) electrons. The van der Waals surface area contributed by atoms with E-state index in [4.69, 9.17) is 10.3 Å². The van der Waals surface area contributed by atoms with E-state index in [1.807, 2.05) is 6.92 Å². The van der Waals surface area contributed by atoms with Gasteiger partial charge in [0.05, 0.1) is 0 Å². The Morgan fingerprint density at radius 3 is 2.68 bits per heavy atom. The van der Waals surface area contributed by atoms with Crippen LogP contribution in [0.15, 0.2) is 4.52 Å². The van der Waals surface area contributed by atoms with Crippen molar-refractivity contribution >= 4 is 0 Å². The van der Waals surface area contributed by atoms with E-state index in [-0.39, 0.29) is 6.04 Å². The number of aromatic nitrogens is 2. The molecule has 1 unspecified atom stereocenters. The molecule has 4 heteroatoms. The lowest BCUT2D eigenvalue weighted by Crippen LogP contribution is -2.14. The first-order chi connectivity index (χ1) is 9.19. The average molecular weight is 265 g/mol. The van der Waals surface area contributed by atoms with Gasteiger partial charge in [-0.15, -0.1) is 0 Å². The Labute approximate surface area is 116 Å². The summed E-state index contributed by atoms with van der Waals surface area (Å²) >= 11 is 0. The zero-order valence-corrected chi connectivity index (χ0v) is 12.3. The second-order valence-corrected chi connectivity index (χ2v) is 6.04. The van der Waals surface area contributed by atoms with Crippen molar-refractivity contribution in [3.05, 3.63) is 11.7 Å². The SMILES string of the molecule is CCC1CCC(c2noc(CCCC(C)N)n2)CC1. The molecule has 1 aromatic heterocycles. The van der Waals surface area contributed by atoms with Crippen LogP contribution in [0.5, 0.6) is 0 Å². The van der Waals surface area contributed by atoms with Gasteiger partial charge in [0.25, 0.3) is 0 Å². The van der Waals surface area contributed by atoms with Crippen LogP contribution in [0, 0.1) is 5.92 Å². The summed E-state index contributed by atoms with van der Waals surface area (Å²) < 4.78 is 5.35. The Bertz CT molecular complexity index is 367. The van der Waals surface area contributed by atoms with Crippen LogP contribution in [0.1, 0.15) is 76.4 Å². The van der Waals surface area contributed by atoms with Crippen molar-refractivity contribution in [1.29, 1.82) is 0 Å². The predicted molar refractivity (Wildman–Crippen MR) is 75.9 cm³/mol. The van der Waals surface area contributed by atoms with Crippen LogP contribution in [0.2, 0.25) is 0 Å². The van der Waals surface area contributed by atoms with E-state index < -0.39 is 0 Å². The van der Waals surface area contributed by atoms with E-state index in [1.165, 1.54) is 32.1 Å². The van der Waals surface area contributed by atoms with E-state index >= 15 is 0 Å². The molecule has 0 aromatic carbocycles. The van der Waals surface area contributed by atoms with Gasteiger partial charge < -0.3 is 10.3 Å². The lowest BCUT2D eigenvalue weighted by Gasteiger charge is -2.25. The third-order valence-corrected chi connectivity index (χ3v) is 4.32. The normalized spacial score (nSPS) is 25.4. The molecule has 108 valence electrons. The first-order valence-corrected chi connectivity index (χ1v) is 7.77. The van der Waals surface area contributed by atoms with Gasteiger partial charge >= 0.3 is 0 Å². The van der Waals surface area contributed by atoms with Gasteiger partial charge in [0.1, 0.15) is 0 Å². The molecule has 1 heterocycles. The van der Waals surface area contributed by atoms with Crippen molar-refractivity contribution in [2.75, 3.05) is 0 Å². The maximum absolute atomic E-state index is 5.74. The van der Waals surface area contributed by atoms with Crippen molar-refractivity contribution in [2.24, 2.45) is 11.7 Å². The van der Waals surface area contributed by atoms with Crippen molar-refractivity contribution < 1.29 is 4.52 Å². The van der Waals surface area contributed by atoms with Crippen LogP contribution < -0.4 is 5.73 Å². The number of hydrogen-bond acceptors (Lipinski definition) is 4. The first kappa shape index (κ1) is 14.5. The summed E-state index contributed by atoms with van der Waals surface area (Å²) in [7, 11) is 0. The molecule has 0 aliphatic heterocycles. The second-order valence-electron chi connectivity index (χ2n) is 6.04. The number of nitrogens with two attached hydrogens (primary N) is 1. The molecule has 0 amide bonds. The van der Waals surface area contributed by atoms with Crippen molar-refractivity contribution in [3.8, 4) is 0 Å². The van der Waals surface area contributed by atoms with E-state index in [1.54, 1.807) is 0 Å². The highest BCUT2D eigenvalue weighted by Crippen LogP contribution is 2.35. The summed E-state index contributed by atoms with van der Waals surface area (Å²) in [6.07, 6.45) is 9.28. The van der Waals surface area contributed by atoms with Gasteiger partial charge in [-0.3, -0.25) is 0 Å². The fraction of sp³-hybridized carbons (Fsp3) is 0.867. The Balaban J connectivity index is 1.80. The highest BCUT2D eigenvalue weighted by molar-refractivity contribution is 4.97. The Morgan fingerprint density at radius 2 is 2.05 bits per heavy atom. The maximum Gasteiger partial charge on any atom is 0.226 e. The van der Waals surface area contributed by atoms with Crippen molar-refractivity contribution in [1.82, 2.24) is 10.1 Å². The minimum atomic E-state index is 0.256. The Hall–Kier alpha value is -0.900. The smallest absolute Gasteiger partial charge is 0.226 e. The summed E-state index contributed by atoms with van der Waals surface area (Å²) in [5.41, 5.74) is 5.74. The van der Waals surface area contributed by atoms with Crippen molar-refractivity contribution in [2.45, 2.75) is 77.2 Å². The average Bonchev–Trinajstić information content (AvgIpc) is 2.87. The van der Waals surface area contributed by atoms with Gasteiger partial charge in [-0.05, 0) is 51.4 Å². The van der Waals surface area contributed by atoms with Crippen LogP contribution in [0.3, 0.4) is 0 Å². The van der Waals surface area contributed by atoms with Gasteiger partial charge in [0.15, 0.2) is 5.82 Å². The summed E-state index contributed by atoms with van der Waals surface area (Å²) in [4.78, 5) is 4.56. The van der Waals surface area contributed by atoms with E-state index in [0.717, 1.165) is 36.9 Å². The van der Waals surface area contributed by atoms with E-state index in [0.29, 0.717) is 5.92 Å². The Morgan fingerprint density at radius 1 is 1.32 bits per heavy atom. The molecular formula is C15H27N3O. The highest BCUT2D eigenvalue weighted by Gasteiger charge is 2.24. The molecule has 1 atom stereocenters. The van der Waals surface area contributed by atoms with Crippen LogP contribution >= 0.6 is 0 Å². The fourth-order valence-corrected chi connectivity index (χ4v) is 2.94. The molecule has 1 aliphatic carbocycles. The topological polar surface area (TPSA) is 64.9 Å². The molecule has 4 nitrogen and oxygen atoms in total. The van der Waals surface area contributed by atoms with Gasteiger partial charge in [-0.1, -0.05) is 18.5 Å². The molecular weight excluding hydrogens is 238 g/mol. The predicted octanol–water partition coefficient (Wildman–Crippen LogP) is 3.42. The van der Waals surface area contributed by atoms with Gasteiger partial charge in [0, 0.05) is 18.4 Å². The summed E-state index contributed by atoms with van der Waals surface area (Å²) in [6, 6.07) is 0.256. The number of rotatable bonds is 6. The van der Waals surface area contributed by atoms with E-state index in [9.17, 15) is 0 Å². The molecule has 0 saturated heterocycles. The lowest BCUT2D eigenvalue weighted by molar-refractivity contribution is 0.302. The number of aryl methyl sites for hydroxylation is 1. The molecule has 1 aliphatic rings. The van der Waals surface area contributed by atoms with Gasteiger partial charge in [-0.25, -0.2) is 0 Å². The summed E-state index contributed by atoms with van der Waals surface area (Å²) in [5, 5.41) is 4.17. The Kier molecular flexibility index (Phi) is 5.37.